The van der Waals surface area contributed by atoms with E-state index in [9.17, 15) is 19.8 Å². The fraction of sp³-hybridized carbons (Fsp3) is 0.385. The number of carbonyl (C=O) groups excluding carboxylic acids is 2. The summed E-state index contributed by atoms with van der Waals surface area (Å²) in [6, 6.07) is 10.5. The van der Waals surface area contributed by atoms with Crippen molar-refractivity contribution in [2.24, 2.45) is 0 Å². The zero-order chi connectivity index (χ0) is 24.4. The Kier molecular flexibility index (Phi) is 6.61. The fourth-order valence-electron chi connectivity index (χ4n) is 4.79. The number of amides is 1. The van der Waals surface area contributed by atoms with Crippen LogP contribution >= 0.6 is 0 Å². The van der Waals surface area contributed by atoms with Gasteiger partial charge in [-0.1, -0.05) is 12.1 Å². The number of ketones is 1. The van der Waals surface area contributed by atoms with Crippen molar-refractivity contribution >= 4 is 17.4 Å². The Labute approximate surface area is 203 Å². The van der Waals surface area contributed by atoms with Gasteiger partial charge >= 0.3 is 0 Å². The second-order valence-electron chi connectivity index (χ2n) is 8.75. The lowest BCUT2D eigenvalue weighted by Crippen LogP contribution is -2.38. The minimum Gasteiger partial charge on any atom is -0.508 e. The van der Waals surface area contributed by atoms with E-state index in [1.807, 2.05) is 0 Å². The molecule has 2 N–H and O–H groups in total. The van der Waals surface area contributed by atoms with Crippen molar-refractivity contribution in [2.45, 2.75) is 12.5 Å². The highest BCUT2D eigenvalue weighted by Crippen LogP contribution is 2.41. The number of aliphatic hydroxyl groups is 1. The maximum atomic E-state index is 13.2. The highest BCUT2D eigenvalue weighted by Gasteiger charge is 2.46. The number of carbonyl (C=O) groups is 2. The van der Waals surface area contributed by atoms with Crippen LogP contribution in [-0.2, 0) is 14.3 Å². The first-order chi connectivity index (χ1) is 17.0. The van der Waals surface area contributed by atoms with E-state index in [1.54, 1.807) is 30.3 Å². The summed E-state index contributed by atoms with van der Waals surface area (Å²) in [5.41, 5.74) is 0.893. The predicted molar refractivity (Wildman–Crippen MR) is 126 cm³/mol. The van der Waals surface area contributed by atoms with Crippen LogP contribution in [0.2, 0.25) is 0 Å². The number of aromatic hydroxyl groups is 1. The van der Waals surface area contributed by atoms with Crippen LogP contribution in [0.5, 0.6) is 17.2 Å². The Morgan fingerprint density at radius 3 is 2.49 bits per heavy atom. The van der Waals surface area contributed by atoms with E-state index in [-0.39, 0.29) is 17.1 Å². The molecule has 0 radical (unpaired) electrons. The molecule has 5 rings (SSSR count). The molecule has 0 bridgehead atoms. The Morgan fingerprint density at radius 1 is 0.943 bits per heavy atom. The van der Waals surface area contributed by atoms with Crippen molar-refractivity contribution in [3.63, 3.8) is 0 Å². The van der Waals surface area contributed by atoms with Crippen molar-refractivity contribution in [3.8, 4) is 17.2 Å². The number of hydrogen-bond acceptors (Lipinski definition) is 8. The topological polar surface area (TPSA) is 109 Å². The Hall–Kier alpha value is -3.56. The first-order valence-electron chi connectivity index (χ1n) is 11.8. The van der Waals surface area contributed by atoms with E-state index < -0.39 is 17.7 Å². The number of phenolic OH excluding ortho intramolecular Hbond substituents is 1. The third-order valence-electron chi connectivity index (χ3n) is 6.52. The molecule has 0 saturated carbocycles. The van der Waals surface area contributed by atoms with Gasteiger partial charge in [0, 0.05) is 31.7 Å². The second-order valence-corrected chi connectivity index (χ2v) is 8.75. The van der Waals surface area contributed by atoms with Gasteiger partial charge in [0.1, 0.15) is 24.7 Å². The molecule has 2 aromatic carbocycles. The number of fused-ring (bicyclic) bond motifs is 1. The van der Waals surface area contributed by atoms with Gasteiger partial charge < -0.3 is 29.3 Å². The number of aliphatic hydroxyl groups excluding tert-OH is 1. The standard InChI is InChI=1S/C26H28N2O7/c29-19-4-1-3-17(15-19)23-22(24(30)18-5-6-20-21(16-18)35-14-13-34-20)25(31)26(32)28(23)8-2-7-27-9-11-33-12-10-27/h1,3-6,15-16,23,29-30H,2,7-14H2/t23-/m1/s1. The van der Waals surface area contributed by atoms with Crippen LogP contribution < -0.4 is 9.47 Å². The lowest BCUT2D eigenvalue weighted by Gasteiger charge is -2.29. The zero-order valence-corrected chi connectivity index (χ0v) is 19.3. The number of nitrogens with zero attached hydrogens (tertiary/aromatic N) is 2. The molecule has 0 spiro atoms. The zero-order valence-electron chi connectivity index (χ0n) is 19.3. The monoisotopic (exact) mass is 480 g/mol. The number of likely N-dealkylation sites (tertiary alicyclic amines) is 1. The van der Waals surface area contributed by atoms with E-state index in [0.717, 1.165) is 19.6 Å². The van der Waals surface area contributed by atoms with Crippen LogP contribution in [0, 0.1) is 0 Å². The van der Waals surface area contributed by atoms with Gasteiger partial charge in [-0.2, -0.15) is 0 Å². The van der Waals surface area contributed by atoms with E-state index in [1.165, 1.54) is 17.0 Å². The molecule has 9 heteroatoms. The Morgan fingerprint density at radius 2 is 1.71 bits per heavy atom. The average molecular weight is 481 g/mol. The maximum absolute atomic E-state index is 13.2. The van der Waals surface area contributed by atoms with Crippen molar-refractivity contribution in [1.82, 2.24) is 9.80 Å². The number of phenols is 1. The molecular weight excluding hydrogens is 452 g/mol. The molecule has 3 aliphatic heterocycles. The minimum atomic E-state index is -0.819. The van der Waals surface area contributed by atoms with Crippen LogP contribution in [0.3, 0.4) is 0 Å². The van der Waals surface area contributed by atoms with Crippen molar-refractivity contribution in [3.05, 3.63) is 59.2 Å². The molecule has 1 amide bonds. The van der Waals surface area contributed by atoms with Gasteiger partial charge in [-0.05, 0) is 42.3 Å². The highest BCUT2D eigenvalue weighted by molar-refractivity contribution is 6.46. The number of benzene rings is 2. The number of Topliss-reactive ketones (excluding diaryl/α,β-unsaturated/α-hetero) is 1. The molecular formula is C26H28N2O7. The molecule has 2 aromatic rings. The van der Waals surface area contributed by atoms with Crippen LogP contribution in [0.25, 0.3) is 5.76 Å². The van der Waals surface area contributed by atoms with Gasteiger partial charge in [0.05, 0.1) is 24.8 Å². The van der Waals surface area contributed by atoms with E-state index in [2.05, 4.69) is 4.90 Å². The summed E-state index contributed by atoms with van der Waals surface area (Å²) in [5.74, 6) is -0.670. The number of hydrogen-bond donors (Lipinski definition) is 2. The molecule has 0 aromatic heterocycles. The van der Waals surface area contributed by atoms with Gasteiger partial charge in [0.25, 0.3) is 11.7 Å². The first kappa shape index (κ1) is 23.2. The van der Waals surface area contributed by atoms with E-state index in [0.29, 0.717) is 62.0 Å². The van der Waals surface area contributed by atoms with Crippen molar-refractivity contribution in [1.29, 1.82) is 0 Å². The van der Waals surface area contributed by atoms with Gasteiger partial charge in [0.15, 0.2) is 11.5 Å². The largest absolute Gasteiger partial charge is 0.508 e. The lowest BCUT2D eigenvalue weighted by atomic mass is 9.95. The number of ether oxygens (including phenoxy) is 3. The van der Waals surface area contributed by atoms with Gasteiger partial charge in [-0.3, -0.25) is 14.5 Å². The number of morpholine rings is 1. The average Bonchev–Trinajstić information content (AvgIpc) is 3.13. The summed E-state index contributed by atoms with van der Waals surface area (Å²) in [6.45, 7) is 4.95. The SMILES string of the molecule is O=C1C(=O)N(CCCN2CCOCC2)[C@H](c2cccc(O)c2)C1=C(O)c1ccc2c(c1)OCCO2. The molecule has 2 saturated heterocycles. The molecule has 35 heavy (non-hydrogen) atoms. The van der Waals surface area contributed by atoms with E-state index >= 15 is 0 Å². The summed E-state index contributed by atoms with van der Waals surface area (Å²) in [7, 11) is 0. The van der Waals surface area contributed by atoms with Crippen LogP contribution in [0.15, 0.2) is 48.0 Å². The normalized spacial score (nSPS) is 21.9. The van der Waals surface area contributed by atoms with Gasteiger partial charge in [0.2, 0.25) is 0 Å². The quantitative estimate of drug-likeness (QED) is 0.368. The third-order valence-corrected chi connectivity index (χ3v) is 6.52. The first-order valence-corrected chi connectivity index (χ1v) is 11.8. The summed E-state index contributed by atoms with van der Waals surface area (Å²) >= 11 is 0. The molecule has 1 atom stereocenters. The number of rotatable bonds is 6. The van der Waals surface area contributed by atoms with Crippen molar-refractivity contribution < 1.29 is 34.0 Å². The lowest BCUT2D eigenvalue weighted by molar-refractivity contribution is -0.140. The minimum absolute atomic E-state index is 0.0105. The Bertz CT molecular complexity index is 1160. The maximum Gasteiger partial charge on any atom is 0.295 e. The Balaban J connectivity index is 1.48. The van der Waals surface area contributed by atoms with Crippen LogP contribution in [-0.4, -0.2) is 84.3 Å². The highest BCUT2D eigenvalue weighted by atomic mass is 16.6. The van der Waals surface area contributed by atoms with Crippen molar-refractivity contribution in [2.75, 3.05) is 52.6 Å². The van der Waals surface area contributed by atoms with Crippen LogP contribution in [0.4, 0.5) is 0 Å². The molecule has 3 heterocycles. The fourth-order valence-corrected chi connectivity index (χ4v) is 4.79. The molecule has 0 aliphatic carbocycles. The van der Waals surface area contributed by atoms with Gasteiger partial charge in [-0.15, -0.1) is 0 Å². The smallest absolute Gasteiger partial charge is 0.295 e. The molecule has 3 aliphatic rings. The van der Waals surface area contributed by atoms with E-state index in [4.69, 9.17) is 14.2 Å². The van der Waals surface area contributed by atoms with Gasteiger partial charge in [-0.25, -0.2) is 0 Å². The summed E-state index contributed by atoms with van der Waals surface area (Å²) in [6.07, 6.45) is 0.659. The second kappa shape index (κ2) is 9.97. The van der Waals surface area contributed by atoms with Crippen LogP contribution in [0.1, 0.15) is 23.6 Å². The predicted octanol–water partition coefficient (Wildman–Crippen LogP) is 2.31. The molecule has 184 valence electrons. The summed E-state index contributed by atoms with van der Waals surface area (Å²) in [5, 5.41) is 21.4. The third kappa shape index (κ3) is 4.69. The summed E-state index contributed by atoms with van der Waals surface area (Å²) < 4.78 is 16.6. The summed E-state index contributed by atoms with van der Waals surface area (Å²) in [4.78, 5) is 30.1. The molecule has 9 nitrogen and oxygen atoms in total. The molecule has 0 unspecified atom stereocenters. The molecule has 2 fully saturated rings.